The van der Waals surface area contributed by atoms with Crippen LogP contribution in [-0.2, 0) is 6.42 Å². The van der Waals surface area contributed by atoms with Gasteiger partial charge in [0.1, 0.15) is 0 Å². The first-order valence-electron chi connectivity index (χ1n) is 6.02. The van der Waals surface area contributed by atoms with Crippen molar-refractivity contribution < 1.29 is 9.47 Å². The van der Waals surface area contributed by atoms with Crippen molar-refractivity contribution in [2.45, 2.75) is 13.3 Å². The summed E-state index contributed by atoms with van der Waals surface area (Å²) >= 11 is 0. The molecule has 3 rings (SSSR count). The summed E-state index contributed by atoms with van der Waals surface area (Å²) in [5, 5.41) is 1.21. The van der Waals surface area contributed by atoms with Gasteiger partial charge in [-0.1, -0.05) is 0 Å². The van der Waals surface area contributed by atoms with Crippen LogP contribution in [0, 0.1) is 0 Å². The van der Waals surface area contributed by atoms with Gasteiger partial charge in [-0.3, -0.25) is 4.99 Å². The Morgan fingerprint density at radius 1 is 1.17 bits per heavy atom. The Morgan fingerprint density at radius 2 is 1.89 bits per heavy atom. The lowest BCUT2D eigenvalue weighted by Gasteiger charge is -2.10. The minimum atomic E-state index is 0.748. The van der Waals surface area contributed by atoms with Gasteiger partial charge in [-0.25, -0.2) is 0 Å². The van der Waals surface area contributed by atoms with Gasteiger partial charge in [-0.2, -0.15) is 0 Å². The van der Waals surface area contributed by atoms with Crippen LogP contribution in [0.25, 0.3) is 10.9 Å². The first kappa shape index (κ1) is 11.1. The van der Waals surface area contributed by atoms with Crippen LogP contribution in [0.4, 0.5) is 0 Å². The second-order valence-corrected chi connectivity index (χ2v) is 4.45. The van der Waals surface area contributed by atoms with Crippen molar-refractivity contribution in [2.75, 3.05) is 20.8 Å². The van der Waals surface area contributed by atoms with Crippen molar-refractivity contribution in [1.82, 2.24) is 4.98 Å². The molecule has 0 fully saturated rings. The first-order chi connectivity index (χ1) is 8.74. The van der Waals surface area contributed by atoms with Crippen LogP contribution in [0.3, 0.4) is 0 Å². The largest absolute Gasteiger partial charge is 0.493 e. The van der Waals surface area contributed by atoms with E-state index >= 15 is 0 Å². The molecule has 0 radical (unpaired) electrons. The van der Waals surface area contributed by atoms with E-state index in [0.29, 0.717) is 0 Å². The SMILES string of the molecule is COc1cc2[nH]c3c(c2cc1OC)CCN=C3C. The zero-order valence-corrected chi connectivity index (χ0v) is 10.8. The standard InChI is InChI=1S/C14H16N2O2/c1-8-14-9(4-5-15-8)10-6-12(17-2)13(18-3)7-11(10)16-14/h6-7,16H,4-5H2,1-3H3. The molecule has 4 nitrogen and oxygen atoms in total. The number of methoxy groups -OCH3 is 2. The number of nitrogens with one attached hydrogen (secondary N) is 1. The van der Waals surface area contributed by atoms with Crippen LogP contribution in [-0.4, -0.2) is 31.5 Å². The zero-order chi connectivity index (χ0) is 12.7. The van der Waals surface area contributed by atoms with Crippen molar-refractivity contribution in [3.8, 4) is 11.5 Å². The maximum Gasteiger partial charge on any atom is 0.162 e. The fourth-order valence-electron chi connectivity index (χ4n) is 2.56. The minimum Gasteiger partial charge on any atom is -0.493 e. The summed E-state index contributed by atoms with van der Waals surface area (Å²) < 4.78 is 10.7. The van der Waals surface area contributed by atoms with E-state index < -0.39 is 0 Å². The van der Waals surface area contributed by atoms with E-state index in [-0.39, 0.29) is 0 Å². The number of hydrogen-bond donors (Lipinski definition) is 1. The first-order valence-corrected chi connectivity index (χ1v) is 6.02. The predicted octanol–water partition coefficient (Wildman–Crippen LogP) is 2.55. The fourth-order valence-corrected chi connectivity index (χ4v) is 2.56. The summed E-state index contributed by atoms with van der Waals surface area (Å²) in [7, 11) is 3.31. The Kier molecular flexibility index (Phi) is 2.51. The van der Waals surface area contributed by atoms with E-state index in [9.17, 15) is 0 Å². The normalized spacial score (nSPS) is 14.3. The molecule has 1 N–H and O–H groups in total. The highest BCUT2D eigenvalue weighted by Crippen LogP contribution is 2.35. The molecule has 0 bridgehead atoms. The Bertz CT molecular complexity index is 641. The molecule has 18 heavy (non-hydrogen) atoms. The number of aromatic nitrogens is 1. The third kappa shape index (κ3) is 1.49. The molecular formula is C14H16N2O2. The maximum atomic E-state index is 5.36. The number of H-pyrrole nitrogens is 1. The van der Waals surface area contributed by atoms with E-state index in [0.717, 1.165) is 41.4 Å². The van der Waals surface area contributed by atoms with E-state index in [4.69, 9.17) is 9.47 Å². The lowest BCUT2D eigenvalue weighted by Crippen LogP contribution is -2.08. The highest BCUT2D eigenvalue weighted by Gasteiger charge is 2.18. The Balaban J connectivity index is 2.29. The number of aromatic amines is 1. The van der Waals surface area contributed by atoms with Crippen LogP contribution < -0.4 is 9.47 Å². The summed E-state index contributed by atoms with van der Waals surface area (Å²) in [6.45, 7) is 2.90. The van der Waals surface area contributed by atoms with E-state index in [1.54, 1.807) is 14.2 Å². The van der Waals surface area contributed by atoms with E-state index in [2.05, 4.69) is 9.98 Å². The molecule has 1 aliphatic heterocycles. The average molecular weight is 244 g/mol. The van der Waals surface area contributed by atoms with Crippen LogP contribution in [0.5, 0.6) is 11.5 Å². The molecule has 1 aromatic carbocycles. The Hall–Kier alpha value is -1.97. The number of nitrogens with zero attached hydrogens (tertiary/aromatic N) is 1. The van der Waals surface area contributed by atoms with Crippen molar-refractivity contribution in [1.29, 1.82) is 0 Å². The molecule has 0 saturated carbocycles. The number of aliphatic imine (C=N–C) groups is 1. The average Bonchev–Trinajstić information content (AvgIpc) is 2.76. The summed E-state index contributed by atoms with van der Waals surface area (Å²) in [5.41, 5.74) is 4.63. The summed E-state index contributed by atoms with van der Waals surface area (Å²) in [6.07, 6.45) is 0.974. The molecule has 2 aromatic rings. The van der Waals surface area contributed by atoms with Crippen LogP contribution in [0.15, 0.2) is 17.1 Å². The van der Waals surface area contributed by atoms with Crippen LogP contribution in [0.2, 0.25) is 0 Å². The third-order valence-corrected chi connectivity index (χ3v) is 3.48. The predicted molar refractivity (Wildman–Crippen MR) is 72.2 cm³/mol. The molecule has 94 valence electrons. The molecule has 0 atom stereocenters. The van der Waals surface area contributed by atoms with Crippen molar-refractivity contribution in [2.24, 2.45) is 4.99 Å². The quantitative estimate of drug-likeness (QED) is 0.882. The maximum absolute atomic E-state index is 5.36. The third-order valence-electron chi connectivity index (χ3n) is 3.48. The van der Waals surface area contributed by atoms with Gasteiger partial charge >= 0.3 is 0 Å². The Morgan fingerprint density at radius 3 is 2.61 bits per heavy atom. The van der Waals surface area contributed by atoms with Crippen LogP contribution >= 0.6 is 0 Å². The smallest absolute Gasteiger partial charge is 0.162 e. The van der Waals surface area contributed by atoms with E-state index in [1.807, 2.05) is 19.1 Å². The molecule has 0 amide bonds. The fraction of sp³-hybridized carbons (Fsp3) is 0.357. The van der Waals surface area contributed by atoms with Gasteiger partial charge < -0.3 is 14.5 Å². The molecular weight excluding hydrogens is 228 g/mol. The lowest BCUT2D eigenvalue weighted by atomic mass is 10.0. The molecule has 0 spiro atoms. The Labute approximate surface area is 106 Å². The zero-order valence-electron chi connectivity index (χ0n) is 10.8. The molecule has 0 unspecified atom stereocenters. The van der Waals surface area contributed by atoms with Gasteiger partial charge in [0.05, 0.1) is 31.1 Å². The van der Waals surface area contributed by atoms with Gasteiger partial charge in [-0.05, 0) is 25.0 Å². The van der Waals surface area contributed by atoms with Crippen LogP contribution in [0.1, 0.15) is 18.2 Å². The highest BCUT2D eigenvalue weighted by molar-refractivity contribution is 6.05. The highest BCUT2D eigenvalue weighted by atomic mass is 16.5. The number of benzene rings is 1. The molecule has 4 heteroatoms. The topological polar surface area (TPSA) is 46.6 Å². The number of ether oxygens (including phenoxy) is 2. The second-order valence-electron chi connectivity index (χ2n) is 4.45. The molecule has 0 saturated heterocycles. The van der Waals surface area contributed by atoms with Crippen molar-refractivity contribution >= 4 is 16.6 Å². The number of fused-ring (bicyclic) bond motifs is 3. The minimum absolute atomic E-state index is 0.748. The summed E-state index contributed by atoms with van der Waals surface area (Å²) in [6, 6.07) is 4.03. The number of rotatable bonds is 2. The lowest BCUT2D eigenvalue weighted by molar-refractivity contribution is 0.356. The van der Waals surface area contributed by atoms with Gasteiger partial charge in [0.2, 0.25) is 0 Å². The monoisotopic (exact) mass is 244 g/mol. The number of hydrogen-bond acceptors (Lipinski definition) is 3. The second kappa shape index (κ2) is 4.05. The summed E-state index contributed by atoms with van der Waals surface area (Å²) in [5.74, 6) is 1.52. The van der Waals surface area contributed by atoms with Gasteiger partial charge in [-0.15, -0.1) is 0 Å². The van der Waals surface area contributed by atoms with Gasteiger partial charge in [0.15, 0.2) is 11.5 Å². The molecule has 1 aromatic heterocycles. The summed E-state index contributed by atoms with van der Waals surface area (Å²) in [4.78, 5) is 7.90. The molecule has 2 heterocycles. The molecule has 1 aliphatic rings. The van der Waals surface area contributed by atoms with Gasteiger partial charge in [0.25, 0.3) is 0 Å². The van der Waals surface area contributed by atoms with Crippen molar-refractivity contribution in [3.05, 3.63) is 23.4 Å². The van der Waals surface area contributed by atoms with E-state index in [1.165, 1.54) is 10.9 Å². The van der Waals surface area contributed by atoms with Gasteiger partial charge in [0, 0.05) is 18.0 Å². The molecule has 0 aliphatic carbocycles. The van der Waals surface area contributed by atoms with Crippen molar-refractivity contribution in [3.63, 3.8) is 0 Å².